The number of hydrogen-bond donors (Lipinski definition) is 2. The predicted octanol–water partition coefficient (Wildman–Crippen LogP) is 5.30. The Hall–Kier alpha value is -1.83. The lowest BCUT2D eigenvalue weighted by Gasteiger charge is -2.31. The van der Waals surface area contributed by atoms with Gasteiger partial charge in [0.15, 0.2) is 0 Å². The third-order valence-electron chi connectivity index (χ3n) is 5.15. The molecule has 0 unspecified atom stereocenters. The molecule has 0 saturated carbocycles. The lowest BCUT2D eigenvalue weighted by molar-refractivity contribution is 0.123. The van der Waals surface area contributed by atoms with E-state index in [1.807, 2.05) is 4.90 Å². The second-order valence-electron chi connectivity index (χ2n) is 7.57. The zero-order valence-corrected chi connectivity index (χ0v) is 23.6. The summed E-state index contributed by atoms with van der Waals surface area (Å²) in [5.74, 6) is 0. The molecule has 0 amide bonds. The van der Waals surface area contributed by atoms with E-state index in [4.69, 9.17) is 16.3 Å². The van der Waals surface area contributed by atoms with E-state index in [2.05, 4.69) is 41.3 Å². The molecule has 1 fully saturated rings. The first-order chi connectivity index (χ1) is 16.5. The summed E-state index contributed by atoms with van der Waals surface area (Å²) in [5, 5.41) is 0.471. The fourth-order valence-corrected chi connectivity index (χ4v) is 7.24. The van der Waals surface area contributed by atoms with E-state index >= 15 is 0 Å². The molecule has 0 atom stereocenters. The van der Waals surface area contributed by atoms with Crippen molar-refractivity contribution in [1.82, 2.24) is 0 Å². The standard InChI is InChI=1S/C22H20Br2ClN3O5S2/c23-15-1-7-19(24)22(13-15)35(31,32)27-20-14-18(6-8-21(20)28-9-11-33-12-10-28)34(29,30)26-17-4-2-16(25)3-5-17/h1-8,13-14,26-27H,9-12H2. The number of hydrogen-bond acceptors (Lipinski definition) is 6. The molecule has 1 aliphatic heterocycles. The fourth-order valence-electron chi connectivity index (χ4n) is 3.46. The zero-order valence-electron chi connectivity index (χ0n) is 18.0. The topological polar surface area (TPSA) is 105 Å². The van der Waals surface area contributed by atoms with E-state index in [1.165, 1.54) is 30.3 Å². The van der Waals surface area contributed by atoms with Crippen LogP contribution in [0.25, 0.3) is 0 Å². The van der Waals surface area contributed by atoms with Crippen molar-refractivity contribution < 1.29 is 21.6 Å². The summed E-state index contributed by atoms with van der Waals surface area (Å²) < 4.78 is 64.2. The van der Waals surface area contributed by atoms with E-state index in [0.717, 1.165) is 0 Å². The monoisotopic (exact) mass is 663 g/mol. The average Bonchev–Trinajstić information content (AvgIpc) is 2.82. The summed E-state index contributed by atoms with van der Waals surface area (Å²) in [6.45, 7) is 2.01. The number of benzene rings is 3. The molecule has 1 saturated heterocycles. The second kappa shape index (κ2) is 10.7. The van der Waals surface area contributed by atoms with Crippen LogP contribution in [-0.4, -0.2) is 43.1 Å². The number of nitrogens with one attached hydrogen (secondary N) is 2. The predicted molar refractivity (Wildman–Crippen MR) is 144 cm³/mol. The Balaban J connectivity index is 1.75. The minimum atomic E-state index is -4.07. The molecule has 8 nitrogen and oxygen atoms in total. The quantitative estimate of drug-likeness (QED) is 0.355. The summed E-state index contributed by atoms with van der Waals surface area (Å²) in [7, 11) is -8.09. The van der Waals surface area contributed by atoms with Crippen molar-refractivity contribution in [1.29, 1.82) is 0 Å². The zero-order chi connectivity index (χ0) is 25.2. The Kier molecular flexibility index (Phi) is 7.99. The maximum Gasteiger partial charge on any atom is 0.263 e. The lowest BCUT2D eigenvalue weighted by atomic mass is 10.2. The first-order valence-corrected chi connectivity index (χ1v) is 15.2. The number of morpholine rings is 1. The third-order valence-corrected chi connectivity index (χ3v) is 9.64. The summed E-state index contributed by atoms with van der Waals surface area (Å²) in [6, 6.07) is 15.3. The first kappa shape index (κ1) is 26.2. The SMILES string of the molecule is O=S(=O)(Nc1ccc(Cl)cc1)c1ccc(N2CCOCC2)c(NS(=O)(=O)c2cc(Br)ccc2Br)c1. The van der Waals surface area contributed by atoms with Gasteiger partial charge in [0.2, 0.25) is 0 Å². The van der Waals surface area contributed by atoms with Crippen molar-refractivity contribution in [3.05, 3.63) is 74.6 Å². The molecule has 13 heteroatoms. The van der Waals surface area contributed by atoms with E-state index < -0.39 is 20.0 Å². The molecule has 0 bridgehead atoms. The minimum absolute atomic E-state index is 0.00681. The Labute approximate surface area is 226 Å². The van der Waals surface area contributed by atoms with Gasteiger partial charge in [0.05, 0.1) is 29.5 Å². The molecule has 186 valence electrons. The van der Waals surface area contributed by atoms with Crippen LogP contribution in [-0.2, 0) is 24.8 Å². The highest BCUT2D eigenvalue weighted by atomic mass is 79.9. The highest BCUT2D eigenvalue weighted by Crippen LogP contribution is 2.34. The molecule has 3 aromatic carbocycles. The van der Waals surface area contributed by atoms with Crippen molar-refractivity contribution in [3.8, 4) is 0 Å². The smallest absolute Gasteiger partial charge is 0.263 e. The van der Waals surface area contributed by atoms with Gasteiger partial charge < -0.3 is 9.64 Å². The Bertz CT molecular complexity index is 1450. The second-order valence-corrected chi connectivity index (χ2v) is 13.1. The highest BCUT2D eigenvalue weighted by Gasteiger charge is 2.25. The van der Waals surface area contributed by atoms with Crippen molar-refractivity contribution in [2.24, 2.45) is 0 Å². The molecule has 4 rings (SSSR count). The largest absolute Gasteiger partial charge is 0.378 e. The third kappa shape index (κ3) is 6.30. The number of sulfonamides is 2. The van der Waals surface area contributed by atoms with Gasteiger partial charge >= 0.3 is 0 Å². The van der Waals surface area contributed by atoms with Gasteiger partial charge in [-0.15, -0.1) is 0 Å². The van der Waals surface area contributed by atoms with Crippen LogP contribution < -0.4 is 14.3 Å². The minimum Gasteiger partial charge on any atom is -0.378 e. The fraction of sp³-hybridized carbons (Fsp3) is 0.182. The molecule has 1 aliphatic rings. The van der Waals surface area contributed by atoms with E-state index in [1.54, 1.807) is 30.3 Å². The molecule has 0 aliphatic carbocycles. The molecule has 0 aromatic heterocycles. The van der Waals surface area contributed by atoms with Crippen LogP contribution in [0.2, 0.25) is 5.02 Å². The highest BCUT2D eigenvalue weighted by molar-refractivity contribution is 9.11. The molecule has 35 heavy (non-hydrogen) atoms. The molecule has 1 heterocycles. The molecular weight excluding hydrogens is 646 g/mol. The van der Waals surface area contributed by atoms with Gasteiger partial charge in [0, 0.05) is 32.7 Å². The van der Waals surface area contributed by atoms with Crippen molar-refractivity contribution in [2.45, 2.75) is 9.79 Å². The number of rotatable bonds is 7. The Morgan fingerprint density at radius 3 is 2.20 bits per heavy atom. The van der Waals surface area contributed by atoms with Crippen LogP contribution >= 0.6 is 43.5 Å². The number of ether oxygens (including phenoxy) is 1. The van der Waals surface area contributed by atoms with E-state index in [0.29, 0.717) is 51.6 Å². The Morgan fingerprint density at radius 1 is 0.829 bits per heavy atom. The van der Waals surface area contributed by atoms with Gasteiger partial charge in [-0.3, -0.25) is 9.44 Å². The van der Waals surface area contributed by atoms with Crippen LogP contribution in [0.15, 0.2) is 79.4 Å². The van der Waals surface area contributed by atoms with Gasteiger partial charge in [-0.1, -0.05) is 27.5 Å². The van der Waals surface area contributed by atoms with Crippen molar-refractivity contribution >= 4 is 80.6 Å². The van der Waals surface area contributed by atoms with Crippen LogP contribution in [0.4, 0.5) is 17.1 Å². The summed E-state index contributed by atoms with van der Waals surface area (Å²) >= 11 is 12.5. The van der Waals surface area contributed by atoms with Gasteiger partial charge in [0.25, 0.3) is 20.0 Å². The van der Waals surface area contributed by atoms with Crippen LogP contribution in [0.5, 0.6) is 0 Å². The maximum absolute atomic E-state index is 13.3. The molecular formula is C22H20Br2ClN3O5S2. The van der Waals surface area contributed by atoms with Gasteiger partial charge in [0.1, 0.15) is 4.90 Å². The van der Waals surface area contributed by atoms with E-state index in [-0.39, 0.29) is 15.5 Å². The number of anilines is 3. The normalized spacial score (nSPS) is 14.5. The van der Waals surface area contributed by atoms with Crippen molar-refractivity contribution in [3.63, 3.8) is 0 Å². The molecule has 0 spiro atoms. The summed E-state index contributed by atoms with van der Waals surface area (Å²) in [6.07, 6.45) is 0. The van der Waals surface area contributed by atoms with Gasteiger partial charge in [-0.2, -0.15) is 0 Å². The van der Waals surface area contributed by atoms with Gasteiger partial charge in [-0.05, 0) is 76.6 Å². The number of halogens is 3. The number of nitrogens with zero attached hydrogens (tertiary/aromatic N) is 1. The molecule has 3 aromatic rings. The van der Waals surface area contributed by atoms with Crippen LogP contribution in [0.3, 0.4) is 0 Å². The first-order valence-electron chi connectivity index (χ1n) is 10.3. The summed E-state index contributed by atoms with van der Waals surface area (Å²) in [4.78, 5) is 1.85. The van der Waals surface area contributed by atoms with E-state index in [9.17, 15) is 16.8 Å². The summed E-state index contributed by atoms with van der Waals surface area (Å²) in [5.41, 5.74) is 1.01. The molecule has 0 radical (unpaired) electrons. The average molecular weight is 666 g/mol. The van der Waals surface area contributed by atoms with Crippen molar-refractivity contribution in [2.75, 3.05) is 40.6 Å². The maximum atomic E-state index is 13.3. The lowest BCUT2D eigenvalue weighted by Crippen LogP contribution is -2.36. The van der Waals surface area contributed by atoms with Crippen LogP contribution in [0.1, 0.15) is 0 Å². The van der Waals surface area contributed by atoms with Gasteiger partial charge in [-0.25, -0.2) is 16.8 Å². The van der Waals surface area contributed by atoms with Crippen LogP contribution in [0, 0.1) is 0 Å². The Morgan fingerprint density at radius 2 is 1.51 bits per heavy atom. The molecule has 2 N–H and O–H groups in total.